The van der Waals surface area contributed by atoms with Crippen LogP contribution in [-0.4, -0.2) is 64.5 Å². The minimum absolute atomic E-state index is 0.0457. The molecule has 0 spiro atoms. The first-order valence-electron chi connectivity index (χ1n) is 19.9. The fraction of sp³-hybridized carbons (Fsp3) is 0.0833. The molecule has 0 aliphatic heterocycles. The van der Waals surface area contributed by atoms with Gasteiger partial charge in [-0.1, -0.05) is 34.9 Å². The zero-order valence-electron chi connectivity index (χ0n) is 36.4. The van der Waals surface area contributed by atoms with Crippen LogP contribution in [0.3, 0.4) is 0 Å². The number of aryl methyl sites for hydroxylation is 1. The Hall–Kier alpha value is -6.92. The smallest absolute Gasteiger partial charge is 0.298 e. The van der Waals surface area contributed by atoms with Crippen molar-refractivity contribution in [2.75, 3.05) is 13.4 Å². The second kappa shape index (κ2) is 22.5. The summed E-state index contributed by atoms with van der Waals surface area (Å²) in [6.45, 7) is 1.84. The topological polar surface area (TPSA) is 253 Å². The van der Waals surface area contributed by atoms with Crippen LogP contribution in [0.2, 0.25) is 0 Å². The van der Waals surface area contributed by atoms with Gasteiger partial charge < -0.3 is 18.9 Å². The van der Waals surface area contributed by atoms with Gasteiger partial charge in [-0.15, -0.1) is 4.33 Å². The normalized spacial score (nSPS) is 11.4. The molecule has 3 N–H and O–H groups in total. The van der Waals surface area contributed by atoms with Gasteiger partial charge in [0.15, 0.2) is 11.6 Å². The van der Waals surface area contributed by atoms with Gasteiger partial charge in [-0.3, -0.25) is 18.7 Å². The van der Waals surface area contributed by atoms with Crippen molar-refractivity contribution in [1.82, 2.24) is 0 Å². The van der Waals surface area contributed by atoms with Crippen molar-refractivity contribution < 1.29 is 77.5 Å². The predicted molar refractivity (Wildman–Crippen MR) is 251 cm³/mol. The molecule has 0 heterocycles. The number of carbonyl (C=O) groups is 2. The van der Waals surface area contributed by atoms with E-state index < -0.39 is 40.8 Å². The fourth-order valence-corrected chi connectivity index (χ4v) is 8.61. The lowest BCUT2D eigenvalue weighted by atomic mass is 10.0. The van der Waals surface area contributed by atoms with Crippen LogP contribution in [0.5, 0.6) is 34.5 Å². The highest BCUT2D eigenvalue weighted by Crippen LogP contribution is 2.33. The molecule has 0 aliphatic rings. The average Bonchev–Trinajstić information content (AvgIpc) is 3.32. The lowest BCUT2D eigenvalue weighted by Gasteiger charge is -2.13. The molecule has 0 bridgehead atoms. The minimum Gasteiger partial charge on any atom is -0.497 e. The van der Waals surface area contributed by atoms with Crippen LogP contribution >= 0.6 is 12.0 Å². The van der Waals surface area contributed by atoms with E-state index in [1.54, 1.807) is 115 Å². The maximum atomic E-state index is 13.6. The van der Waals surface area contributed by atoms with E-state index in [0.29, 0.717) is 62.9 Å². The van der Waals surface area contributed by atoms with Crippen molar-refractivity contribution in [3.63, 3.8) is 0 Å². The van der Waals surface area contributed by atoms with Gasteiger partial charge in [0.1, 0.15) is 46.0 Å². The highest BCUT2D eigenvalue weighted by Gasteiger charge is 2.23. The zero-order chi connectivity index (χ0) is 49.9. The lowest BCUT2D eigenvalue weighted by Crippen LogP contribution is -2.07. The Balaban J connectivity index is 0.00000149. The molecule has 7 aromatic rings. The quantitative estimate of drug-likeness (QED) is 0.0238. The molecule has 0 atom stereocenters. The van der Waals surface area contributed by atoms with E-state index in [1.807, 2.05) is 6.92 Å². The van der Waals surface area contributed by atoms with Crippen LogP contribution in [-0.2, 0) is 46.1 Å². The van der Waals surface area contributed by atoms with Gasteiger partial charge in [0.2, 0.25) is 9.84 Å². The lowest BCUT2D eigenvalue weighted by molar-refractivity contribution is -0.432. The Morgan fingerprint density at radius 1 is 0.551 bits per heavy atom. The summed E-state index contributed by atoms with van der Waals surface area (Å²) in [5.41, 5.74) is 2.26. The fourth-order valence-electron chi connectivity index (χ4n) is 6.20. The van der Waals surface area contributed by atoms with E-state index in [9.17, 15) is 39.4 Å². The first-order valence-corrected chi connectivity index (χ1v) is 25.4. The maximum Gasteiger partial charge on any atom is 0.298 e. The first kappa shape index (κ1) is 51.5. The summed E-state index contributed by atoms with van der Waals surface area (Å²) in [7, 11) is -10.7. The average molecular weight is 1020 g/mol. The number of ketones is 2. The Kier molecular flexibility index (Phi) is 16.8. The number of ether oxygens (including phenoxy) is 4. The summed E-state index contributed by atoms with van der Waals surface area (Å²) in [6, 6.07) is 40.0. The van der Waals surface area contributed by atoms with Crippen molar-refractivity contribution in [2.45, 2.75) is 33.1 Å². The van der Waals surface area contributed by atoms with Gasteiger partial charge in [-0.05, 0) is 140 Å². The zero-order valence-corrected chi connectivity index (χ0v) is 39.7. The molecule has 0 radical (unpaired) electrons. The highest BCUT2D eigenvalue weighted by molar-refractivity contribution is 7.94. The van der Waals surface area contributed by atoms with Gasteiger partial charge in [0, 0.05) is 32.7 Å². The number of benzene rings is 7. The number of sulfone groups is 1. The summed E-state index contributed by atoms with van der Waals surface area (Å²) >= 11 is 0.584. The molecule has 0 fully saturated rings. The van der Waals surface area contributed by atoms with E-state index >= 15 is 0 Å². The van der Waals surface area contributed by atoms with Crippen molar-refractivity contribution in [3.05, 3.63) is 191 Å². The van der Waals surface area contributed by atoms with Gasteiger partial charge in [-0.2, -0.15) is 16.8 Å². The highest BCUT2D eigenvalue weighted by atomic mass is 32.2. The van der Waals surface area contributed by atoms with E-state index in [-0.39, 0.29) is 44.8 Å². The molecule has 0 saturated heterocycles. The summed E-state index contributed by atoms with van der Waals surface area (Å²) in [5, 5.41) is 12.6. The van der Waals surface area contributed by atoms with Crippen LogP contribution < -0.4 is 18.9 Å². The van der Waals surface area contributed by atoms with E-state index in [4.69, 9.17) is 28.8 Å². The second-order valence-corrected chi connectivity index (χ2v) is 20.1. The minimum atomic E-state index is -4.83. The Morgan fingerprint density at radius 3 is 1.52 bits per heavy atom. The van der Waals surface area contributed by atoms with Crippen molar-refractivity contribution in [3.8, 4) is 34.5 Å². The number of rotatable bonds is 18. The molecule has 0 unspecified atom stereocenters. The predicted octanol–water partition coefficient (Wildman–Crippen LogP) is 9.64. The standard InChI is InChI=1S/C47H36O14S3.CH4O3S/c1-30-3-22-41(23-4-30)63(51,52)42-24-20-39(21-25-42)58-38-14-9-32(10-15-38)46(48)31-7-12-37(13-8-31)57-29-35-6-5-33(27-44(35)62-61-60-50)47(49)34-11-26-43(45(28-34)64(53,54)55)59-40-18-16-36(56-2)17-19-40;1-5(2,3)4/h3-28,50H,29H2,1-2H3,(H,53,54,55);1H3,(H,2,3,4). The summed E-state index contributed by atoms with van der Waals surface area (Å²) < 4.78 is 114. The SMILES string of the molecule is COc1ccc(Oc2ccc(C(=O)c3ccc(COc4ccc(C(=O)c5ccc(Oc6ccc(S(=O)(=O)c7ccc(C)cc7)cc6)cc5)cc4)c(SOOO)c3)cc2S(=O)(=O)O)cc1.CS(=O)(=O)O. The number of methoxy groups -OCH3 is 1. The van der Waals surface area contributed by atoms with Gasteiger partial charge >= 0.3 is 0 Å². The molecule has 69 heavy (non-hydrogen) atoms. The summed E-state index contributed by atoms with van der Waals surface area (Å²) in [5.74, 6) is 0.985. The number of carbonyl (C=O) groups excluding carboxylic acids is 2. The Morgan fingerprint density at radius 2 is 0.986 bits per heavy atom. The summed E-state index contributed by atoms with van der Waals surface area (Å²) in [6.07, 6.45) is 0.715. The van der Waals surface area contributed by atoms with Crippen LogP contribution in [0.1, 0.15) is 43.0 Å². The molecule has 0 amide bonds. The van der Waals surface area contributed by atoms with Crippen molar-refractivity contribution >= 4 is 53.7 Å². The molecular weight excluding hydrogens is 977 g/mol. The van der Waals surface area contributed by atoms with Crippen molar-refractivity contribution in [2.24, 2.45) is 0 Å². The molecule has 7 rings (SSSR count). The van der Waals surface area contributed by atoms with Gasteiger partial charge in [0.25, 0.3) is 20.2 Å². The largest absolute Gasteiger partial charge is 0.497 e. The second-order valence-electron chi connectivity index (χ2n) is 14.6. The summed E-state index contributed by atoms with van der Waals surface area (Å²) in [4.78, 5) is 26.9. The van der Waals surface area contributed by atoms with E-state index in [0.717, 1.165) is 11.6 Å². The van der Waals surface area contributed by atoms with Crippen molar-refractivity contribution in [1.29, 1.82) is 0 Å². The molecule has 0 aromatic heterocycles. The molecule has 358 valence electrons. The maximum absolute atomic E-state index is 13.6. The van der Waals surface area contributed by atoms with Crippen LogP contribution in [0.15, 0.2) is 177 Å². The van der Waals surface area contributed by atoms with Gasteiger partial charge in [0.05, 0.1) is 35.2 Å². The van der Waals surface area contributed by atoms with E-state index in [2.05, 4.69) is 9.37 Å². The van der Waals surface area contributed by atoms with Crippen LogP contribution in [0.4, 0.5) is 0 Å². The first-order chi connectivity index (χ1) is 32.7. The van der Waals surface area contributed by atoms with Gasteiger partial charge in [-0.25, -0.2) is 13.7 Å². The van der Waals surface area contributed by atoms with Crippen LogP contribution in [0.25, 0.3) is 0 Å². The monoisotopic (exact) mass is 1020 g/mol. The molecule has 21 heteroatoms. The Bertz CT molecular complexity index is 3260. The number of hydrogen-bond donors (Lipinski definition) is 3. The molecular formula is C48H40O17S4. The van der Waals surface area contributed by atoms with Crippen LogP contribution in [0, 0.1) is 6.92 Å². The molecule has 0 saturated carbocycles. The Labute approximate surface area is 401 Å². The third-order valence-electron chi connectivity index (χ3n) is 9.58. The molecule has 0 aliphatic carbocycles. The third kappa shape index (κ3) is 14.3. The molecule has 17 nitrogen and oxygen atoms in total. The third-order valence-corrected chi connectivity index (χ3v) is 12.9. The molecule has 7 aromatic carbocycles. The van der Waals surface area contributed by atoms with E-state index in [1.165, 1.54) is 43.5 Å². The number of hydrogen-bond acceptors (Lipinski definition) is 16.